The van der Waals surface area contributed by atoms with E-state index in [1.807, 2.05) is 30.3 Å². The van der Waals surface area contributed by atoms with Gasteiger partial charge in [0.15, 0.2) is 0 Å². The molecule has 0 amide bonds. The molecule has 2 atom stereocenters. The van der Waals surface area contributed by atoms with Gasteiger partial charge in [-0.3, -0.25) is 4.90 Å². The largest absolute Gasteiger partial charge is 0.389 e. The third-order valence-corrected chi connectivity index (χ3v) is 5.52. The molecule has 0 unspecified atom stereocenters. The number of β-amino-alcohol motifs (C(OH)–C–C–N with tert-alkyl or cyclic N) is 1. The van der Waals surface area contributed by atoms with E-state index < -0.39 is 6.10 Å². The lowest BCUT2D eigenvalue weighted by molar-refractivity contribution is 0.00726. The maximum Gasteiger partial charge on any atom is 0.124 e. The Morgan fingerprint density at radius 3 is 2.88 bits per heavy atom. The van der Waals surface area contributed by atoms with Gasteiger partial charge in [-0.15, -0.1) is 0 Å². The quantitative estimate of drug-likeness (QED) is 0.801. The molecule has 4 rings (SSSR count). The van der Waals surface area contributed by atoms with Gasteiger partial charge in [-0.2, -0.15) is 0 Å². The van der Waals surface area contributed by atoms with Crippen LogP contribution in [0, 0.1) is 0 Å². The molecule has 1 aromatic carbocycles. The summed E-state index contributed by atoms with van der Waals surface area (Å²) in [6, 6.07) is 10.4. The summed E-state index contributed by atoms with van der Waals surface area (Å²) in [5.74, 6) is 1.10. The van der Waals surface area contributed by atoms with E-state index in [0.29, 0.717) is 25.8 Å². The molecular formula is C21H29N3O2. The Morgan fingerprint density at radius 1 is 1.19 bits per heavy atom. The van der Waals surface area contributed by atoms with Crippen molar-refractivity contribution in [3.8, 4) is 0 Å². The molecule has 1 aliphatic carbocycles. The van der Waals surface area contributed by atoms with Gasteiger partial charge in [-0.1, -0.05) is 30.3 Å². The SMILES string of the molecule is O[C@H](COCc1ccccc1)CN1CCC[C@H]1c1nc2c([nH]1)CCCC2. The Bertz CT molecular complexity index is 677. The lowest BCUT2D eigenvalue weighted by Crippen LogP contribution is -2.35. The van der Waals surface area contributed by atoms with Crippen molar-refractivity contribution in [3.05, 3.63) is 53.1 Å². The monoisotopic (exact) mass is 355 g/mol. The Kier molecular flexibility index (Phi) is 5.68. The van der Waals surface area contributed by atoms with Crippen LogP contribution in [0.1, 0.15) is 54.5 Å². The second kappa shape index (κ2) is 8.33. The molecule has 0 radical (unpaired) electrons. The Labute approximate surface area is 155 Å². The second-order valence-corrected chi connectivity index (χ2v) is 7.56. The number of aromatic amines is 1. The van der Waals surface area contributed by atoms with Crippen LogP contribution >= 0.6 is 0 Å². The van der Waals surface area contributed by atoms with E-state index in [9.17, 15) is 5.11 Å². The van der Waals surface area contributed by atoms with Crippen molar-refractivity contribution in [1.29, 1.82) is 0 Å². The maximum absolute atomic E-state index is 10.4. The number of nitrogens with zero attached hydrogens (tertiary/aromatic N) is 2. The highest BCUT2D eigenvalue weighted by molar-refractivity contribution is 5.19. The summed E-state index contributed by atoms with van der Waals surface area (Å²) in [6.45, 7) is 2.58. The molecule has 1 fully saturated rings. The molecule has 5 heteroatoms. The highest BCUT2D eigenvalue weighted by Gasteiger charge is 2.30. The summed E-state index contributed by atoms with van der Waals surface area (Å²) in [7, 11) is 0. The molecule has 1 saturated heterocycles. The molecule has 0 bridgehead atoms. The molecule has 2 heterocycles. The number of likely N-dealkylation sites (tertiary alicyclic amines) is 1. The van der Waals surface area contributed by atoms with E-state index in [2.05, 4.69) is 9.88 Å². The molecule has 26 heavy (non-hydrogen) atoms. The first kappa shape index (κ1) is 17.7. The summed E-state index contributed by atoms with van der Waals surface area (Å²) < 4.78 is 5.70. The predicted molar refractivity (Wildman–Crippen MR) is 101 cm³/mol. The topological polar surface area (TPSA) is 61.4 Å². The molecular weight excluding hydrogens is 326 g/mol. The van der Waals surface area contributed by atoms with Gasteiger partial charge in [-0.25, -0.2) is 4.98 Å². The highest BCUT2D eigenvalue weighted by Crippen LogP contribution is 2.32. The van der Waals surface area contributed by atoms with Crippen molar-refractivity contribution in [2.24, 2.45) is 0 Å². The molecule has 0 saturated carbocycles. The van der Waals surface area contributed by atoms with Gasteiger partial charge in [0.2, 0.25) is 0 Å². The zero-order valence-electron chi connectivity index (χ0n) is 15.4. The lowest BCUT2D eigenvalue weighted by atomic mass is 10.0. The number of ether oxygens (including phenoxy) is 1. The summed E-state index contributed by atoms with van der Waals surface area (Å²) in [4.78, 5) is 10.8. The standard InChI is InChI=1S/C21H29N3O2/c25-17(15-26-14-16-7-2-1-3-8-16)13-24-12-6-11-20(24)21-22-18-9-4-5-10-19(18)23-21/h1-3,7-8,17,20,25H,4-6,9-15H2,(H,22,23)/t17-,20-/m0/s1. The van der Waals surface area contributed by atoms with E-state index in [0.717, 1.165) is 43.6 Å². The molecule has 1 aliphatic heterocycles. The second-order valence-electron chi connectivity index (χ2n) is 7.56. The number of H-pyrrole nitrogens is 1. The van der Waals surface area contributed by atoms with Crippen LogP contribution < -0.4 is 0 Å². The predicted octanol–water partition coefficient (Wildman–Crippen LogP) is 3.00. The first-order chi connectivity index (χ1) is 12.8. The number of hydrogen-bond acceptors (Lipinski definition) is 4. The number of rotatable bonds is 7. The van der Waals surface area contributed by atoms with Crippen LogP contribution in [-0.2, 0) is 24.2 Å². The first-order valence-corrected chi connectivity index (χ1v) is 9.91. The van der Waals surface area contributed by atoms with E-state index in [-0.39, 0.29) is 0 Å². The lowest BCUT2D eigenvalue weighted by Gasteiger charge is -2.25. The van der Waals surface area contributed by atoms with Gasteiger partial charge in [0.05, 0.1) is 31.1 Å². The summed E-state index contributed by atoms with van der Waals surface area (Å²) in [5, 5.41) is 10.4. The van der Waals surface area contributed by atoms with Crippen LogP contribution in [0.3, 0.4) is 0 Å². The fraction of sp³-hybridized carbons (Fsp3) is 0.571. The van der Waals surface area contributed by atoms with Gasteiger partial charge in [0.25, 0.3) is 0 Å². The number of nitrogens with one attached hydrogen (secondary N) is 1. The van der Waals surface area contributed by atoms with Crippen LogP contribution in [0.4, 0.5) is 0 Å². The number of benzene rings is 1. The Balaban J connectivity index is 1.30. The molecule has 140 valence electrons. The number of imidazole rings is 1. The van der Waals surface area contributed by atoms with Crippen LogP contribution in [0.15, 0.2) is 30.3 Å². The van der Waals surface area contributed by atoms with Gasteiger partial charge in [0, 0.05) is 12.2 Å². The van der Waals surface area contributed by atoms with Crippen molar-refractivity contribution in [1.82, 2.24) is 14.9 Å². The fourth-order valence-electron chi connectivity index (χ4n) is 4.20. The first-order valence-electron chi connectivity index (χ1n) is 9.91. The molecule has 2 aromatic rings. The van der Waals surface area contributed by atoms with Crippen LogP contribution in [0.5, 0.6) is 0 Å². The molecule has 5 nitrogen and oxygen atoms in total. The van der Waals surface area contributed by atoms with Crippen molar-refractivity contribution in [3.63, 3.8) is 0 Å². The minimum absolute atomic E-state index is 0.310. The van der Waals surface area contributed by atoms with E-state index in [1.165, 1.54) is 24.2 Å². The summed E-state index contributed by atoms with van der Waals surface area (Å²) in [6.07, 6.45) is 6.56. The minimum Gasteiger partial charge on any atom is -0.389 e. The highest BCUT2D eigenvalue weighted by atomic mass is 16.5. The normalized spacial score (nSPS) is 21.7. The minimum atomic E-state index is -0.469. The molecule has 2 N–H and O–H groups in total. The number of aliphatic hydroxyl groups is 1. The number of fused-ring (bicyclic) bond motifs is 1. The van der Waals surface area contributed by atoms with E-state index >= 15 is 0 Å². The van der Waals surface area contributed by atoms with Crippen LogP contribution in [0.25, 0.3) is 0 Å². The number of hydrogen-bond donors (Lipinski definition) is 2. The van der Waals surface area contributed by atoms with E-state index in [4.69, 9.17) is 9.72 Å². The number of aliphatic hydroxyl groups excluding tert-OH is 1. The van der Waals surface area contributed by atoms with Crippen LogP contribution in [0.2, 0.25) is 0 Å². The average molecular weight is 355 g/mol. The van der Waals surface area contributed by atoms with Gasteiger partial charge >= 0.3 is 0 Å². The van der Waals surface area contributed by atoms with Crippen molar-refractivity contribution in [2.45, 2.75) is 57.3 Å². The third kappa shape index (κ3) is 4.17. The number of aromatic nitrogens is 2. The smallest absolute Gasteiger partial charge is 0.124 e. The summed E-state index contributed by atoms with van der Waals surface area (Å²) in [5.41, 5.74) is 3.75. The average Bonchev–Trinajstić information content (AvgIpc) is 3.28. The van der Waals surface area contributed by atoms with Crippen molar-refractivity contribution >= 4 is 0 Å². The molecule has 2 aliphatic rings. The van der Waals surface area contributed by atoms with Crippen molar-refractivity contribution < 1.29 is 9.84 Å². The summed E-state index contributed by atoms with van der Waals surface area (Å²) >= 11 is 0. The van der Waals surface area contributed by atoms with Gasteiger partial charge < -0.3 is 14.8 Å². The maximum atomic E-state index is 10.4. The fourth-order valence-corrected chi connectivity index (χ4v) is 4.20. The zero-order valence-corrected chi connectivity index (χ0v) is 15.4. The number of aryl methyl sites for hydroxylation is 2. The zero-order chi connectivity index (χ0) is 17.8. The van der Waals surface area contributed by atoms with Gasteiger partial charge in [0.1, 0.15) is 5.82 Å². The van der Waals surface area contributed by atoms with Crippen LogP contribution in [-0.4, -0.2) is 45.8 Å². The third-order valence-electron chi connectivity index (χ3n) is 5.52. The van der Waals surface area contributed by atoms with E-state index in [1.54, 1.807) is 0 Å². The van der Waals surface area contributed by atoms with Gasteiger partial charge in [-0.05, 0) is 50.6 Å². The Hall–Kier alpha value is -1.69. The van der Waals surface area contributed by atoms with Crippen molar-refractivity contribution in [2.75, 3.05) is 19.7 Å². The molecule has 1 aromatic heterocycles. The molecule has 0 spiro atoms. The Morgan fingerprint density at radius 2 is 2.04 bits per heavy atom.